The van der Waals surface area contributed by atoms with Gasteiger partial charge in [-0.05, 0) is 55.3 Å². The molecule has 1 aliphatic rings. The van der Waals surface area contributed by atoms with Gasteiger partial charge in [-0.25, -0.2) is 16.8 Å². The van der Waals surface area contributed by atoms with E-state index in [1.165, 1.54) is 13.2 Å². The fraction of sp³-hybridized carbons (Fsp3) is 0.400. The van der Waals surface area contributed by atoms with Crippen LogP contribution in [-0.4, -0.2) is 53.3 Å². The molecule has 0 radical (unpaired) electrons. The Labute approximate surface area is 177 Å². The van der Waals surface area contributed by atoms with Crippen molar-refractivity contribution in [3.05, 3.63) is 58.6 Å². The maximum atomic E-state index is 13.3. The third kappa shape index (κ3) is 5.12. The Balaban J connectivity index is 1.82. The lowest BCUT2D eigenvalue weighted by molar-refractivity contribution is 0.402. The molecule has 0 bridgehead atoms. The smallest absolute Gasteiger partial charge is 0.187 e. The van der Waals surface area contributed by atoms with Crippen molar-refractivity contribution in [1.82, 2.24) is 5.32 Å². The zero-order valence-corrected chi connectivity index (χ0v) is 18.6. The second kappa shape index (κ2) is 8.63. The number of sulfone groups is 2. The Kier molecular flexibility index (Phi) is 6.57. The molecule has 1 fully saturated rings. The molecular weight excluding hydrogens is 434 g/mol. The van der Waals surface area contributed by atoms with Gasteiger partial charge in [0.15, 0.2) is 19.7 Å². The van der Waals surface area contributed by atoms with Crippen LogP contribution in [0.2, 0.25) is 5.02 Å². The zero-order chi connectivity index (χ0) is 21.2. The van der Waals surface area contributed by atoms with Gasteiger partial charge in [0.05, 0.1) is 23.9 Å². The van der Waals surface area contributed by atoms with Crippen molar-refractivity contribution in [3.8, 4) is 5.75 Å². The van der Waals surface area contributed by atoms with E-state index in [9.17, 15) is 16.8 Å². The quantitative estimate of drug-likeness (QED) is 0.686. The summed E-state index contributed by atoms with van der Waals surface area (Å²) in [4.78, 5) is 0.0339. The Morgan fingerprint density at radius 1 is 1.14 bits per heavy atom. The van der Waals surface area contributed by atoms with Crippen LogP contribution in [0.15, 0.2) is 47.4 Å². The molecule has 1 aliphatic heterocycles. The number of nitrogens with one attached hydrogen (secondary N) is 1. The largest absolute Gasteiger partial charge is 0.495 e. The zero-order valence-electron chi connectivity index (χ0n) is 16.3. The van der Waals surface area contributed by atoms with E-state index in [1.54, 1.807) is 31.2 Å². The van der Waals surface area contributed by atoms with Gasteiger partial charge in [0.2, 0.25) is 0 Å². The second-order valence-corrected chi connectivity index (χ2v) is 12.0. The molecule has 2 aromatic carbocycles. The van der Waals surface area contributed by atoms with Crippen LogP contribution in [0.3, 0.4) is 0 Å². The SMILES string of the molecule is COc1ccc(C)cc1S(=O)(=O)[C@H]1CS(=O)(=O)C[C@@H]1NCCc1ccc(Cl)cc1. The van der Waals surface area contributed by atoms with Gasteiger partial charge >= 0.3 is 0 Å². The van der Waals surface area contributed by atoms with E-state index >= 15 is 0 Å². The molecule has 2 aromatic rings. The predicted octanol–water partition coefficient (Wildman–Crippen LogP) is 2.43. The third-order valence-corrected chi connectivity index (χ3v) is 9.48. The number of aryl methyl sites for hydroxylation is 1. The first-order chi connectivity index (χ1) is 13.6. The minimum absolute atomic E-state index is 0.0339. The van der Waals surface area contributed by atoms with Crippen LogP contribution < -0.4 is 10.1 Å². The van der Waals surface area contributed by atoms with Crippen LogP contribution in [-0.2, 0) is 26.1 Å². The molecular formula is C20H24ClNO5S2. The number of halogens is 1. The molecule has 6 nitrogen and oxygen atoms in total. The molecule has 0 aliphatic carbocycles. The number of rotatable bonds is 7. The normalized spacial score (nSPS) is 21.2. The van der Waals surface area contributed by atoms with Gasteiger partial charge in [0.25, 0.3) is 0 Å². The van der Waals surface area contributed by atoms with Gasteiger partial charge in [-0.15, -0.1) is 0 Å². The van der Waals surface area contributed by atoms with Crippen LogP contribution >= 0.6 is 11.6 Å². The minimum atomic E-state index is -3.91. The maximum absolute atomic E-state index is 13.3. The summed E-state index contributed by atoms with van der Waals surface area (Å²) in [5.41, 5.74) is 1.79. The van der Waals surface area contributed by atoms with Gasteiger partial charge in [-0.1, -0.05) is 29.8 Å². The molecule has 2 atom stereocenters. The fourth-order valence-electron chi connectivity index (χ4n) is 3.53. The summed E-state index contributed by atoms with van der Waals surface area (Å²) < 4.78 is 56.4. The van der Waals surface area contributed by atoms with Crippen molar-refractivity contribution in [1.29, 1.82) is 0 Å². The van der Waals surface area contributed by atoms with Gasteiger partial charge in [-0.2, -0.15) is 0 Å². The highest BCUT2D eigenvalue weighted by Crippen LogP contribution is 2.32. The molecule has 3 rings (SSSR count). The number of hydrogen-bond donors (Lipinski definition) is 1. The number of benzene rings is 2. The lowest BCUT2D eigenvalue weighted by Gasteiger charge is -2.21. The predicted molar refractivity (Wildman–Crippen MR) is 114 cm³/mol. The first kappa shape index (κ1) is 22.1. The topological polar surface area (TPSA) is 89.5 Å². The molecule has 9 heteroatoms. The van der Waals surface area contributed by atoms with Gasteiger partial charge in [0.1, 0.15) is 10.6 Å². The number of ether oxygens (including phenoxy) is 1. The van der Waals surface area contributed by atoms with Gasteiger partial charge in [0, 0.05) is 11.1 Å². The van der Waals surface area contributed by atoms with Crippen molar-refractivity contribution in [3.63, 3.8) is 0 Å². The van der Waals surface area contributed by atoms with Gasteiger partial charge in [-0.3, -0.25) is 0 Å². The molecule has 0 unspecified atom stereocenters. The van der Waals surface area contributed by atoms with Crippen LogP contribution in [0.4, 0.5) is 0 Å². The standard InChI is InChI=1S/C20H24ClNO5S2/c1-14-3-8-18(27-2)19(11-14)29(25,26)20-13-28(23,24)12-17(20)22-10-9-15-4-6-16(21)7-5-15/h3-8,11,17,20,22H,9-10,12-13H2,1-2H3/t17-,20-/m0/s1. The maximum Gasteiger partial charge on any atom is 0.187 e. The van der Waals surface area contributed by atoms with Crippen LogP contribution in [0.25, 0.3) is 0 Å². The summed E-state index contributed by atoms with van der Waals surface area (Å²) in [6.07, 6.45) is 0.633. The molecule has 0 saturated carbocycles. The molecule has 1 N–H and O–H groups in total. The van der Waals surface area contributed by atoms with Crippen molar-refractivity contribution in [2.45, 2.75) is 29.5 Å². The molecule has 158 valence electrons. The number of hydrogen-bond acceptors (Lipinski definition) is 6. The van der Waals surface area contributed by atoms with Crippen molar-refractivity contribution in [2.75, 3.05) is 25.2 Å². The summed E-state index contributed by atoms with van der Waals surface area (Å²) in [5, 5.41) is 2.73. The first-order valence-corrected chi connectivity index (χ1v) is 12.9. The van der Waals surface area contributed by atoms with Crippen molar-refractivity contribution in [2.24, 2.45) is 0 Å². The van der Waals surface area contributed by atoms with Gasteiger partial charge < -0.3 is 10.1 Å². The highest BCUT2D eigenvalue weighted by molar-refractivity contribution is 7.96. The average molecular weight is 458 g/mol. The second-order valence-electron chi connectivity index (χ2n) is 7.25. The summed E-state index contributed by atoms with van der Waals surface area (Å²) >= 11 is 5.88. The Morgan fingerprint density at radius 2 is 1.83 bits per heavy atom. The van der Waals surface area contributed by atoms with E-state index in [-0.39, 0.29) is 16.4 Å². The molecule has 0 amide bonds. The lowest BCUT2D eigenvalue weighted by atomic mass is 10.1. The van der Waals surface area contributed by atoms with Crippen molar-refractivity contribution >= 4 is 31.3 Å². The van der Waals surface area contributed by atoms with E-state index in [4.69, 9.17) is 16.3 Å². The van der Waals surface area contributed by atoms with E-state index in [0.717, 1.165) is 11.1 Å². The average Bonchev–Trinajstić information content (AvgIpc) is 2.98. The Morgan fingerprint density at radius 3 is 2.48 bits per heavy atom. The monoisotopic (exact) mass is 457 g/mol. The van der Waals surface area contributed by atoms with Crippen LogP contribution in [0, 0.1) is 6.92 Å². The minimum Gasteiger partial charge on any atom is -0.495 e. The molecule has 1 saturated heterocycles. The highest BCUT2D eigenvalue weighted by atomic mass is 35.5. The highest BCUT2D eigenvalue weighted by Gasteiger charge is 2.46. The molecule has 29 heavy (non-hydrogen) atoms. The fourth-order valence-corrected chi connectivity index (χ4v) is 8.62. The van der Waals surface area contributed by atoms with E-state index in [1.807, 2.05) is 12.1 Å². The molecule has 0 aromatic heterocycles. The van der Waals surface area contributed by atoms with Crippen molar-refractivity contribution < 1.29 is 21.6 Å². The van der Waals surface area contributed by atoms with E-state index < -0.39 is 36.7 Å². The third-order valence-electron chi connectivity index (χ3n) is 5.06. The van der Waals surface area contributed by atoms with Crippen LogP contribution in [0.5, 0.6) is 5.75 Å². The summed E-state index contributed by atoms with van der Waals surface area (Å²) in [6.45, 7) is 2.24. The molecule has 1 heterocycles. The summed E-state index contributed by atoms with van der Waals surface area (Å²) in [5.74, 6) is -0.378. The summed E-state index contributed by atoms with van der Waals surface area (Å²) in [6, 6.07) is 11.6. The van der Waals surface area contributed by atoms with E-state index in [2.05, 4.69) is 5.32 Å². The summed E-state index contributed by atoms with van der Waals surface area (Å²) in [7, 11) is -5.98. The number of methoxy groups -OCH3 is 1. The van der Waals surface area contributed by atoms with Crippen LogP contribution in [0.1, 0.15) is 11.1 Å². The Bertz CT molecular complexity index is 1080. The lowest BCUT2D eigenvalue weighted by Crippen LogP contribution is -2.44. The first-order valence-electron chi connectivity index (χ1n) is 9.19. The Hall–Kier alpha value is -1.61. The van der Waals surface area contributed by atoms with E-state index in [0.29, 0.717) is 18.0 Å². The molecule has 0 spiro atoms.